The summed E-state index contributed by atoms with van der Waals surface area (Å²) in [5.41, 5.74) is 2.02. The number of aliphatic carboxylic acids is 1. The Morgan fingerprint density at radius 1 is 1.53 bits per heavy atom. The number of aromatic nitrogens is 2. The molecular weight excluding hydrogens is 192 g/mol. The summed E-state index contributed by atoms with van der Waals surface area (Å²) >= 11 is 0. The van der Waals surface area contributed by atoms with Gasteiger partial charge in [-0.15, -0.1) is 0 Å². The summed E-state index contributed by atoms with van der Waals surface area (Å²) in [6.07, 6.45) is 2.69. The van der Waals surface area contributed by atoms with Gasteiger partial charge in [0.25, 0.3) is 0 Å². The number of rotatable bonds is 2. The molecule has 15 heavy (non-hydrogen) atoms. The molecule has 0 saturated heterocycles. The summed E-state index contributed by atoms with van der Waals surface area (Å²) < 4.78 is 1.89. The van der Waals surface area contributed by atoms with Crippen molar-refractivity contribution in [3.63, 3.8) is 0 Å². The van der Waals surface area contributed by atoms with E-state index in [-0.39, 0.29) is 12.0 Å². The van der Waals surface area contributed by atoms with Crippen LogP contribution < -0.4 is 0 Å². The molecular formula is C11H16N2O2. The van der Waals surface area contributed by atoms with Crippen molar-refractivity contribution in [3.8, 4) is 0 Å². The Bertz CT molecular complexity index is 384. The van der Waals surface area contributed by atoms with Crippen LogP contribution in [0.3, 0.4) is 0 Å². The molecule has 1 aliphatic rings. The molecule has 2 atom stereocenters. The monoisotopic (exact) mass is 208 g/mol. The van der Waals surface area contributed by atoms with E-state index in [1.807, 2.05) is 24.6 Å². The highest BCUT2D eigenvalue weighted by atomic mass is 16.4. The zero-order valence-electron chi connectivity index (χ0n) is 9.10. The predicted molar refractivity (Wildman–Crippen MR) is 55.7 cm³/mol. The van der Waals surface area contributed by atoms with Crippen LogP contribution in [-0.4, -0.2) is 20.9 Å². The fourth-order valence-corrected chi connectivity index (χ4v) is 2.50. The standard InChI is InChI=1S/C11H16N2O2/c1-7-6-8(2)13(12-7)10-5-3-4-9(10)11(14)15/h6,9-10H,3-5H2,1-2H3,(H,14,15). The molecule has 2 rings (SSSR count). The number of aryl methyl sites for hydroxylation is 2. The molecule has 4 nitrogen and oxygen atoms in total. The lowest BCUT2D eigenvalue weighted by Crippen LogP contribution is -2.23. The summed E-state index contributed by atoms with van der Waals surface area (Å²) in [5, 5.41) is 13.5. The SMILES string of the molecule is Cc1cc(C)n(C2CCCC2C(=O)O)n1. The first-order valence-electron chi connectivity index (χ1n) is 5.35. The Labute approximate surface area is 88.9 Å². The van der Waals surface area contributed by atoms with E-state index in [0.29, 0.717) is 0 Å². The minimum absolute atomic E-state index is 0.0520. The highest BCUT2D eigenvalue weighted by Crippen LogP contribution is 2.36. The third-order valence-electron chi connectivity index (χ3n) is 3.16. The second kappa shape index (κ2) is 3.68. The molecule has 1 aromatic rings. The summed E-state index contributed by atoms with van der Waals surface area (Å²) in [7, 11) is 0. The number of hydrogen-bond donors (Lipinski definition) is 1. The van der Waals surface area contributed by atoms with E-state index in [1.54, 1.807) is 0 Å². The molecule has 1 fully saturated rings. The van der Waals surface area contributed by atoms with Gasteiger partial charge in [-0.25, -0.2) is 0 Å². The second-order valence-electron chi connectivity index (χ2n) is 4.31. The second-order valence-corrected chi connectivity index (χ2v) is 4.31. The molecule has 1 aliphatic carbocycles. The molecule has 1 N–H and O–H groups in total. The maximum Gasteiger partial charge on any atom is 0.308 e. The molecule has 0 radical (unpaired) electrons. The lowest BCUT2D eigenvalue weighted by molar-refractivity contribution is -0.142. The van der Waals surface area contributed by atoms with Crippen molar-refractivity contribution in [3.05, 3.63) is 17.5 Å². The topological polar surface area (TPSA) is 55.1 Å². The van der Waals surface area contributed by atoms with Gasteiger partial charge in [-0.1, -0.05) is 6.42 Å². The van der Waals surface area contributed by atoms with Crippen LogP contribution in [0, 0.1) is 19.8 Å². The van der Waals surface area contributed by atoms with Gasteiger partial charge < -0.3 is 5.11 Å². The maximum absolute atomic E-state index is 11.1. The third kappa shape index (κ3) is 1.76. The molecule has 1 saturated carbocycles. The largest absolute Gasteiger partial charge is 0.481 e. The van der Waals surface area contributed by atoms with E-state index in [4.69, 9.17) is 5.11 Å². The van der Waals surface area contributed by atoms with Crippen molar-refractivity contribution in [2.24, 2.45) is 5.92 Å². The zero-order chi connectivity index (χ0) is 11.0. The van der Waals surface area contributed by atoms with E-state index in [2.05, 4.69) is 5.10 Å². The van der Waals surface area contributed by atoms with Crippen molar-refractivity contribution in [2.75, 3.05) is 0 Å². The van der Waals surface area contributed by atoms with Crippen LogP contribution in [0.25, 0.3) is 0 Å². The Morgan fingerprint density at radius 3 is 2.80 bits per heavy atom. The average Bonchev–Trinajstić information content (AvgIpc) is 2.71. The van der Waals surface area contributed by atoms with Crippen LogP contribution in [0.15, 0.2) is 6.07 Å². The summed E-state index contributed by atoms with van der Waals surface area (Å²) in [6.45, 7) is 3.92. The quantitative estimate of drug-likeness (QED) is 0.807. The van der Waals surface area contributed by atoms with E-state index >= 15 is 0 Å². The van der Waals surface area contributed by atoms with Gasteiger partial charge in [-0.05, 0) is 32.8 Å². The molecule has 1 aromatic heterocycles. The lowest BCUT2D eigenvalue weighted by Gasteiger charge is -2.17. The van der Waals surface area contributed by atoms with E-state index in [0.717, 1.165) is 30.7 Å². The normalized spacial score (nSPS) is 25.7. The van der Waals surface area contributed by atoms with Gasteiger partial charge >= 0.3 is 5.97 Å². The van der Waals surface area contributed by atoms with Crippen LogP contribution in [0.4, 0.5) is 0 Å². The van der Waals surface area contributed by atoms with Crippen molar-refractivity contribution < 1.29 is 9.90 Å². The average molecular weight is 208 g/mol. The Kier molecular flexibility index (Phi) is 2.50. The Balaban J connectivity index is 2.30. The Morgan fingerprint density at radius 2 is 2.27 bits per heavy atom. The number of carbonyl (C=O) groups is 1. The van der Waals surface area contributed by atoms with E-state index < -0.39 is 5.97 Å². The van der Waals surface area contributed by atoms with Crippen molar-refractivity contribution >= 4 is 5.97 Å². The van der Waals surface area contributed by atoms with Crippen molar-refractivity contribution in [2.45, 2.75) is 39.2 Å². The highest BCUT2D eigenvalue weighted by Gasteiger charge is 2.35. The predicted octanol–water partition coefficient (Wildman–Crippen LogP) is 1.93. The lowest BCUT2D eigenvalue weighted by atomic mass is 10.0. The van der Waals surface area contributed by atoms with E-state index in [9.17, 15) is 4.79 Å². The van der Waals surface area contributed by atoms with Gasteiger partial charge in [0.1, 0.15) is 0 Å². The van der Waals surface area contributed by atoms with Crippen LogP contribution in [0.2, 0.25) is 0 Å². The molecule has 0 aliphatic heterocycles. The molecule has 0 aromatic carbocycles. The molecule has 82 valence electrons. The zero-order valence-corrected chi connectivity index (χ0v) is 9.10. The Hall–Kier alpha value is -1.32. The fraction of sp³-hybridized carbons (Fsp3) is 0.636. The number of nitrogens with zero attached hydrogens (tertiary/aromatic N) is 2. The van der Waals surface area contributed by atoms with Gasteiger partial charge in [-0.3, -0.25) is 9.48 Å². The first-order chi connectivity index (χ1) is 7.09. The minimum atomic E-state index is -0.690. The fourth-order valence-electron chi connectivity index (χ4n) is 2.50. The molecule has 4 heteroatoms. The van der Waals surface area contributed by atoms with Gasteiger partial charge in [0.2, 0.25) is 0 Å². The van der Waals surface area contributed by atoms with Crippen LogP contribution in [0.5, 0.6) is 0 Å². The number of hydrogen-bond acceptors (Lipinski definition) is 2. The summed E-state index contributed by atoms with van der Waals surface area (Å²) in [5.74, 6) is -0.951. The van der Waals surface area contributed by atoms with Crippen molar-refractivity contribution in [1.82, 2.24) is 9.78 Å². The molecule has 0 amide bonds. The number of carboxylic acids is 1. The minimum Gasteiger partial charge on any atom is -0.481 e. The first-order valence-corrected chi connectivity index (χ1v) is 5.35. The van der Waals surface area contributed by atoms with Gasteiger partial charge in [0.05, 0.1) is 17.7 Å². The van der Waals surface area contributed by atoms with Crippen LogP contribution >= 0.6 is 0 Å². The van der Waals surface area contributed by atoms with Crippen molar-refractivity contribution in [1.29, 1.82) is 0 Å². The van der Waals surface area contributed by atoms with E-state index in [1.165, 1.54) is 0 Å². The molecule has 1 heterocycles. The third-order valence-corrected chi connectivity index (χ3v) is 3.16. The molecule has 0 bridgehead atoms. The van der Waals surface area contributed by atoms with Gasteiger partial charge in [0, 0.05) is 5.69 Å². The summed E-state index contributed by atoms with van der Waals surface area (Å²) in [4.78, 5) is 11.1. The molecule has 0 spiro atoms. The molecule has 2 unspecified atom stereocenters. The number of carboxylic acid groups (broad SMARTS) is 1. The maximum atomic E-state index is 11.1. The smallest absolute Gasteiger partial charge is 0.308 e. The van der Waals surface area contributed by atoms with Crippen LogP contribution in [0.1, 0.15) is 36.7 Å². The summed E-state index contributed by atoms with van der Waals surface area (Å²) in [6, 6.07) is 2.05. The first kappa shape index (κ1) is 10.2. The van der Waals surface area contributed by atoms with Gasteiger partial charge in [-0.2, -0.15) is 5.10 Å². The highest BCUT2D eigenvalue weighted by molar-refractivity contribution is 5.71. The van der Waals surface area contributed by atoms with Gasteiger partial charge in [0.15, 0.2) is 0 Å². The van der Waals surface area contributed by atoms with Crippen LogP contribution in [-0.2, 0) is 4.79 Å².